The van der Waals surface area contributed by atoms with Crippen LogP contribution in [0.5, 0.6) is 0 Å². The Kier molecular flexibility index (Phi) is 11.4. The Balaban J connectivity index is -0.000000245. The molecule has 1 N–H and O–H groups in total. The van der Waals surface area contributed by atoms with Gasteiger partial charge in [-0.1, -0.05) is 0 Å². The summed E-state index contributed by atoms with van der Waals surface area (Å²) in [6, 6.07) is 0. The van der Waals surface area contributed by atoms with E-state index in [9.17, 15) is 4.79 Å². The van der Waals surface area contributed by atoms with Crippen LogP contribution < -0.4 is 29.6 Å². The fraction of sp³-hybridized carbons (Fsp3) is 0.800. The first-order chi connectivity index (χ1) is 3.77. The summed E-state index contributed by atoms with van der Waals surface area (Å²) in [5.41, 5.74) is 0. The van der Waals surface area contributed by atoms with Crippen LogP contribution in [0.4, 0.5) is 0 Å². The maximum atomic E-state index is 10.0. The molecule has 3 nitrogen and oxygen atoms in total. The number of esters is 1. The average Bonchev–Trinajstić information content (AvgIpc) is 1.66. The van der Waals surface area contributed by atoms with Crippen LogP contribution in [0.3, 0.4) is 0 Å². The zero-order valence-corrected chi connectivity index (χ0v) is 7.89. The Hall–Kier alpha value is 0.430. The summed E-state index contributed by atoms with van der Waals surface area (Å²) >= 11 is 0. The summed E-state index contributed by atoms with van der Waals surface area (Å²) in [6.07, 6.45) is 0.527. The van der Waals surface area contributed by atoms with Crippen LogP contribution in [-0.2, 0) is 9.53 Å². The largest absolute Gasteiger partial charge is 1.00 e. The molecule has 0 aromatic rings. The molecular formula is C5H11NaO3. The molecule has 0 spiro atoms. The van der Waals surface area contributed by atoms with Gasteiger partial charge in [0, 0.05) is 20.0 Å². The second-order valence-electron chi connectivity index (χ2n) is 1.42. The van der Waals surface area contributed by atoms with Gasteiger partial charge in [0.15, 0.2) is 0 Å². The first-order valence-electron chi connectivity index (χ1n) is 2.51. The Labute approximate surface area is 78.2 Å². The van der Waals surface area contributed by atoms with Crippen LogP contribution in [0.25, 0.3) is 0 Å². The number of carbonyl (C=O) groups is 1. The van der Waals surface area contributed by atoms with E-state index in [-0.39, 0.29) is 43.6 Å². The van der Waals surface area contributed by atoms with Crippen LogP contribution in [0.15, 0.2) is 0 Å². The quantitative estimate of drug-likeness (QED) is 0.260. The summed E-state index contributed by atoms with van der Waals surface area (Å²) in [6.45, 7) is 1.75. The maximum Gasteiger partial charge on any atom is 1.00 e. The van der Waals surface area contributed by atoms with Crippen LogP contribution in [0, 0.1) is 0 Å². The molecule has 0 unspecified atom stereocenters. The van der Waals surface area contributed by atoms with Gasteiger partial charge in [-0.3, -0.25) is 4.79 Å². The molecule has 0 bridgehead atoms. The fourth-order valence-electron chi connectivity index (χ4n) is 0.280. The van der Waals surface area contributed by atoms with Gasteiger partial charge in [-0.2, -0.15) is 0 Å². The van der Waals surface area contributed by atoms with Crippen molar-refractivity contribution in [3.63, 3.8) is 0 Å². The Morgan fingerprint density at radius 3 is 2.67 bits per heavy atom. The van der Waals surface area contributed by atoms with Crippen LogP contribution >= 0.6 is 0 Å². The van der Waals surface area contributed by atoms with E-state index in [1.807, 2.05) is 0 Å². The molecule has 0 atom stereocenters. The predicted molar refractivity (Wildman–Crippen MR) is 29.4 cm³/mol. The molecule has 4 heteroatoms. The van der Waals surface area contributed by atoms with E-state index in [0.717, 1.165) is 0 Å². The van der Waals surface area contributed by atoms with Crippen molar-refractivity contribution in [3.8, 4) is 0 Å². The molecular weight excluding hydrogens is 131 g/mol. The molecule has 0 fully saturated rings. The number of rotatable bonds is 3. The molecule has 0 rings (SSSR count). The summed E-state index contributed by atoms with van der Waals surface area (Å²) in [5.74, 6) is -0.293. The molecule has 0 aliphatic rings. The number of ether oxygens (including phenoxy) is 1. The second-order valence-corrected chi connectivity index (χ2v) is 1.42. The van der Waals surface area contributed by atoms with E-state index >= 15 is 0 Å². The molecule has 9 heavy (non-hydrogen) atoms. The predicted octanol–water partition coefficient (Wildman–Crippen LogP) is -2.95. The van der Waals surface area contributed by atoms with Gasteiger partial charge in [0.25, 0.3) is 0 Å². The normalized spacial score (nSPS) is 7.78. The molecule has 0 saturated carbocycles. The van der Waals surface area contributed by atoms with Gasteiger partial charge in [-0.25, -0.2) is 0 Å². The van der Waals surface area contributed by atoms with Crippen molar-refractivity contribution in [2.75, 3.05) is 13.2 Å². The molecule has 0 aliphatic carbocycles. The number of aliphatic hydroxyl groups excluding tert-OH is 1. The topological polar surface area (TPSA) is 46.5 Å². The number of hydrogen-bond acceptors (Lipinski definition) is 3. The molecule has 0 amide bonds. The SMILES string of the molecule is CC(=O)OCCCO.[H-].[Na+]. The van der Waals surface area contributed by atoms with Gasteiger partial charge in [0.2, 0.25) is 0 Å². The smallest absolute Gasteiger partial charge is 1.00 e. The summed E-state index contributed by atoms with van der Waals surface area (Å²) in [4.78, 5) is 10.0. The fourth-order valence-corrected chi connectivity index (χ4v) is 0.280. The first-order valence-corrected chi connectivity index (χ1v) is 2.51. The zero-order chi connectivity index (χ0) is 6.41. The minimum absolute atomic E-state index is 0. The van der Waals surface area contributed by atoms with Crippen molar-refractivity contribution in [1.82, 2.24) is 0 Å². The van der Waals surface area contributed by atoms with E-state index in [1.54, 1.807) is 0 Å². The van der Waals surface area contributed by atoms with Gasteiger partial charge < -0.3 is 11.3 Å². The van der Waals surface area contributed by atoms with Crippen molar-refractivity contribution in [2.24, 2.45) is 0 Å². The third-order valence-corrected chi connectivity index (χ3v) is 0.608. The zero-order valence-electron chi connectivity index (χ0n) is 6.89. The Bertz CT molecular complexity index is 79.3. The van der Waals surface area contributed by atoms with Gasteiger partial charge in [0.1, 0.15) is 0 Å². The molecule has 0 saturated heterocycles. The summed E-state index contributed by atoms with van der Waals surface area (Å²) < 4.78 is 4.48. The first kappa shape index (κ1) is 12.1. The van der Waals surface area contributed by atoms with E-state index in [0.29, 0.717) is 13.0 Å². The molecule has 0 aromatic carbocycles. The maximum absolute atomic E-state index is 10.0. The van der Waals surface area contributed by atoms with Crippen molar-refractivity contribution < 1.29 is 45.6 Å². The van der Waals surface area contributed by atoms with E-state index in [4.69, 9.17) is 5.11 Å². The van der Waals surface area contributed by atoms with Crippen LogP contribution in [-0.4, -0.2) is 24.3 Å². The minimum atomic E-state index is -0.293. The number of aliphatic hydroxyl groups is 1. The third kappa shape index (κ3) is 11.8. The van der Waals surface area contributed by atoms with Gasteiger partial charge in [-0.15, -0.1) is 0 Å². The third-order valence-electron chi connectivity index (χ3n) is 0.608. The summed E-state index contributed by atoms with van der Waals surface area (Å²) in [5, 5.41) is 8.19. The van der Waals surface area contributed by atoms with Crippen LogP contribution in [0.1, 0.15) is 14.8 Å². The standard InChI is InChI=1S/C5H10O3.Na.H/c1-5(7)8-4-2-3-6;;/h6H,2-4H2,1H3;;/q;+1;-1. The van der Waals surface area contributed by atoms with Gasteiger partial charge in [0.05, 0.1) is 6.61 Å². The van der Waals surface area contributed by atoms with Crippen molar-refractivity contribution >= 4 is 5.97 Å². The molecule has 0 radical (unpaired) electrons. The van der Waals surface area contributed by atoms with Gasteiger partial charge in [-0.05, 0) is 0 Å². The van der Waals surface area contributed by atoms with Crippen molar-refractivity contribution in [1.29, 1.82) is 0 Å². The number of hydrogen-bond donors (Lipinski definition) is 1. The van der Waals surface area contributed by atoms with E-state index in [2.05, 4.69) is 4.74 Å². The minimum Gasteiger partial charge on any atom is -1.00 e. The Morgan fingerprint density at radius 2 is 2.33 bits per heavy atom. The van der Waals surface area contributed by atoms with E-state index < -0.39 is 0 Å². The monoisotopic (exact) mass is 142 g/mol. The van der Waals surface area contributed by atoms with Crippen molar-refractivity contribution in [2.45, 2.75) is 13.3 Å². The molecule has 0 heterocycles. The molecule has 50 valence electrons. The molecule has 0 aliphatic heterocycles. The number of carbonyl (C=O) groups excluding carboxylic acids is 1. The van der Waals surface area contributed by atoms with Crippen molar-refractivity contribution in [3.05, 3.63) is 0 Å². The van der Waals surface area contributed by atoms with Crippen LogP contribution in [0.2, 0.25) is 0 Å². The summed E-state index contributed by atoms with van der Waals surface area (Å²) in [7, 11) is 0. The van der Waals surface area contributed by atoms with Gasteiger partial charge >= 0.3 is 35.5 Å². The van der Waals surface area contributed by atoms with E-state index in [1.165, 1.54) is 6.92 Å². The average molecular weight is 142 g/mol. The molecule has 0 aromatic heterocycles. The second kappa shape index (κ2) is 8.43. The Morgan fingerprint density at radius 1 is 1.78 bits per heavy atom.